The summed E-state index contributed by atoms with van der Waals surface area (Å²) in [6.07, 6.45) is 1.54. The van der Waals surface area contributed by atoms with Crippen LogP contribution in [-0.2, 0) is 16.8 Å². The zero-order valence-electron chi connectivity index (χ0n) is 10.4. The average Bonchev–Trinajstić information content (AvgIpc) is 2.72. The maximum Gasteiger partial charge on any atom is 0.328 e. The first-order chi connectivity index (χ1) is 8.16. The van der Waals surface area contributed by atoms with E-state index in [0.717, 1.165) is 25.1 Å². The van der Waals surface area contributed by atoms with Gasteiger partial charge in [0, 0.05) is 0 Å². The Labute approximate surface area is 102 Å². The fourth-order valence-corrected chi connectivity index (χ4v) is 3.04. The van der Waals surface area contributed by atoms with Gasteiger partial charge in [0.25, 0.3) is 0 Å². The van der Waals surface area contributed by atoms with E-state index in [4.69, 9.17) is 0 Å². The number of hydrogen-bond acceptors (Lipinski definition) is 2. The second-order valence-corrected chi connectivity index (χ2v) is 4.49. The van der Waals surface area contributed by atoms with Crippen LogP contribution >= 0.6 is 0 Å². The predicted molar refractivity (Wildman–Crippen MR) is 67.0 cm³/mol. The fraction of sp³-hybridized carbons (Fsp3) is 0.500. The van der Waals surface area contributed by atoms with Crippen molar-refractivity contribution < 1.29 is 9.90 Å². The molecule has 0 radical (unpaired) electrons. The highest BCUT2D eigenvalue weighted by atomic mass is 16.4. The Morgan fingerprint density at radius 1 is 1.35 bits per heavy atom. The van der Waals surface area contributed by atoms with Crippen LogP contribution in [0.3, 0.4) is 0 Å². The van der Waals surface area contributed by atoms with E-state index in [1.54, 1.807) is 0 Å². The van der Waals surface area contributed by atoms with E-state index in [1.807, 2.05) is 38.1 Å². The molecule has 0 amide bonds. The topological polar surface area (TPSA) is 40.5 Å². The van der Waals surface area contributed by atoms with Gasteiger partial charge in [0.15, 0.2) is 0 Å². The summed E-state index contributed by atoms with van der Waals surface area (Å²) in [7, 11) is 0. The van der Waals surface area contributed by atoms with Crippen molar-refractivity contribution in [2.45, 2.75) is 32.2 Å². The first-order valence-electron chi connectivity index (χ1n) is 6.23. The van der Waals surface area contributed by atoms with E-state index in [1.165, 1.54) is 5.56 Å². The van der Waals surface area contributed by atoms with E-state index in [0.29, 0.717) is 6.42 Å². The molecule has 1 unspecified atom stereocenters. The Morgan fingerprint density at radius 2 is 2.00 bits per heavy atom. The molecule has 0 bridgehead atoms. The number of hydrogen-bond donors (Lipinski definition) is 1. The second-order valence-electron chi connectivity index (χ2n) is 4.49. The normalized spacial score (nSPS) is 22.8. The Bertz CT molecular complexity index is 426. The summed E-state index contributed by atoms with van der Waals surface area (Å²) >= 11 is 0. The number of benzene rings is 1. The third-order valence-electron chi connectivity index (χ3n) is 3.88. The van der Waals surface area contributed by atoms with Crippen LogP contribution in [0.4, 0.5) is 0 Å². The molecular weight excluding hydrogens is 214 g/mol. The molecule has 1 N–H and O–H groups in total. The Kier molecular flexibility index (Phi) is 3.20. The molecule has 1 atom stereocenters. The van der Waals surface area contributed by atoms with Gasteiger partial charge in [-0.05, 0) is 37.1 Å². The number of carboxylic acid groups (broad SMARTS) is 1. The molecule has 3 heteroatoms. The molecule has 0 spiro atoms. The average molecular weight is 233 g/mol. The first-order valence-corrected chi connectivity index (χ1v) is 6.23. The Balaban J connectivity index is 2.55. The number of carbonyl (C=O) groups is 1. The van der Waals surface area contributed by atoms with Crippen LogP contribution in [0.2, 0.25) is 0 Å². The highest BCUT2D eigenvalue weighted by Gasteiger charge is 2.48. The SMILES string of the molecule is CCN(CC)C1(C(=O)O)CCc2ccccc21. The van der Waals surface area contributed by atoms with Crippen molar-refractivity contribution in [3.63, 3.8) is 0 Å². The summed E-state index contributed by atoms with van der Waals surface area (Å²) < 4.78 is 0. The molecule has 1 aliphatic carbocycles. The van der Waals surface area contributed by atoms with E-state index in [-0.39, 0.29) is 0 Å². The Morgan fingerprint density at radius 3 is 2.59 bits per heavy atom. The van der Waals surface area contributed by atoms with Crippen molar-refractivity contribution in [3.05, 3.63) is 35.4 Å². The summed E-state index contributed by atoms with van der Waals surface area (Å²) in [5, 5.41) is 9.70. The maximum atomic E-state index is 11.8. The molecule has 17 heavy (non-hydrogen) atoms. The van der Waals surface area contributed by atoms with Gasteiger partial charge < -0.3 is 5.11 Å². The lowest BCUT2D eigenvalue weighted by atomic mass is 9.89. The lowest BCUT2D eigenvalue weighted by Crippen LogP contribution is -2.50. The smallest absolute Gasteiger partial charge is 0.328 e. The van der Waals surface area contributed by atoms with E-state index in [2.05, 4.69) is 4.90 Å². The lowest BCUT2D eigenvalue weighted by molar-refractivity contribution is -0.152. The van der Waals surface area contributed by atoms with Crippen molar-refractivity contribution in [3.8, 4) is 0 Å². The van der Waals surface area contributed by atoms with Crippen LogP contribution in [0, 0.1) is 0 Å². The van der Waals surface area contributed by atoms with Gasteiger partial charge in [0.05, 0.1) is 0 Å². The van der Waals surface area contributed by atoms with Crippen LogP contribution in [0.1, 0.15) is 31.4 Å². The lowest BCUT2D eigenvalue weighted by Gasteiger charge is -2.37. The third kappa shape index (κ3) is 1.65. The molecule has 0 saturated heterocycles. The molecule has 2 rings (SSSR count). The minimum absolute atomic E-state index is 0.684. The molecule has 92 valence electrons. The van der Waals surface area contributed by atoms with E-state index >= 15 is 0 Å². The van der Waals surface area contributed by atoms with E-state index < -0.39 is 11.5 Å². The van der Waals surface area contributed by atoms with Crippen molar-refractivity contribution in [1.82, 2.24) is 4.90 Å². The molecule has 1 aromatic carbocycles. The molecule has 3 nitrogen and oxygen atoms in total. The van der Waals surface area contributed by atoms with Gasteiger partial charge in [0.2, 0.25) is 0 Å². The monoisotopic (exact) mass is 233 g/mol. The van der Waals surface area contributed by atoms with Crippen LogP contribution in [0.5, 0.6) is 0 Å². The van der Waals surface area contributed by atoms with Crippen LogP contribution in [0.25, 0.3) is 0 Å². The van der Waals surface area contributed by atoms with Crippen LogP contribution < -0.4 is 0 Å². The number of fused-ring (bicyclic) bond motifs is 1. The molecule has 1 aliphatic rings. The summed E-state index contributed by atoms with van der Waals surface area (Å²) in [5.74, 6) is -0.717. The summed E-state index contributed by atoms with van der Waals surface area (Å²) in [6, 6.07) is 7.93. The molecule has 1 aromatic rings. The quantitative estimate of drug-likeness (QED) is 0.867. The van der Waals surface area contributed by atoms with E-state index in [9.17, 15) is 9.90 Å². The van der Waals surface area contributed by atoms with Crippen molar-refractivity contribution in [2.24, 2.45) is 0 Å². The van der Waals surface area contributed by atoms with Gasteiger partial charge in [0.1, 0.15) is 5.54 Å². The molecule has 0 saturated carbocycles. The third-order valence-corrected chi connectivity index (χ3v) is 3.88. The minimum Gasteiger partial charge on any atom is -0.480 e. The molecular formula is C14H19NO2. The molecule has 0 aromatic heterocycles. The van der Waals surface area contributed by atoms with Gasteiger partial charge in [-0.15, -0.1) is 0 Å². The van der Waals surface area contributed by atoms with Gasteiger partial charge in [-0.25, -0.2) is 4.79 Å². The highest BCUT2D eigenvalue weighted by Crippen LogP contribution is 2.41. The first kappa shape index (κ1) is 12.1. The second kappa shape index (κ2) is 4.49. The Hall–Kier alpha value is -1.35. The number of aryl methyl sites for hydroxylation is 1. The number of rotatable bonds is 4. The number of nitrogens with zero attached hydrogens (tertiary/aromatic N) is 1. The van der Waals surface area contributed by atoms with Crippen molar-refractivity contribution in [2.75, 3.05) is 13.1 Å². The molecule has 0 aliphatic heterocycles. The van der Waals surface area contributed by atoms with Gasteiger partial charge in [-0.3, -0.25) is 4.90 Å². The summed E-state index contributed by atoms with van der Waals surface area (Å²) in [5.41, 5.74) is 1.36. The van der Waals surface area contributed by atoms with Gasteiger partial charge in [-0.1, -0.05) is 38.1 Å². The molecule has 0 fully saturated rings. The summed E-state index contributed by atoms with van der Waals surface area (Å²) in [4.78, 5) is 13.9. The maximum absolute atomic E-state index is 11.8. The van der Waals surface area contributed by atoms with Crippen LogP contribution in [0.15, 0.2) is 24.3 Å². The zero-order chi connectivity index (χ0) is 12.5. The standard InChI is InChI=1S/C14H19NO2/c1-3-15(4-2)14(13(16)17)10-9-11-7-5-6-8-12(11)14/h5-8H,3-4,9-10H2,1-2H3,(H,16,17). The highest BCUT2D eigenvalue weighted by molar-refractivity contribution is 5.82. The fourth-order valence-electron chi connectivity index (χ4n) is 3.04. The largest absolute Gasteiger partial charge is 0.480 e. The number of likely N-dealkylation sites (N-methyl/N-ethyl adjacent to an activating group) is 1. The van der Waals surface area contributed by atoms with Gasteiger partial charge in [-0.2, -0.15) is 0 Å². The predicted octanol–water partition coefficient (Wildman–Crippen LogP) is 2.25. The van der Waals surface area contributed by atoms with Crippen molar-refractivity contribution in [1.29, 1.82) is 0 Å². The number of aliphatic carboxylic acids is 1. The minimum atomic E-state index is -0.805. The number of carboxylic acids is 1. The zero-order valence-corrected chi connectivity index (χ0v) is 10.4. The summed E-state index contributed by atoms with van der Waals surface area (Å²) in [6.45, 7) is 5.57. The molecule has 0 heterocycles. The van der Waals surface area contributed by atoms with Gasteiger partial charge >= 0.3 is 5.97 Å². The van der Waals surface area contributed by atoms with Crippen molar-refractivity contribution >= 4 is 5.97 Å². The van der Waals surface area contributed by atoms with Crippen LogP contribution in [-0.4, -0.2) is 29.1 Å².